The van der Waals surface area contributed by atoms with Gasteiger partial charge in [0.2, 0.25) is 0 Å². The lowest BCUT2D eigenvalue weighted by atomic mass is 10.1. The van der Waals surface area contributed by atoms with Crippen LogP contribution in [0.5, 0.6) is 17.2 Å². The van der Waals surface area contributed by atoms with Crippen LogP contribution in [-0.2, 0) is 0 Å². The van der Waals surface area contributed by atoms with Gasteiger partial charge in [0, 0.05) is 0 Å². The highest BCUT2D eigenvalue weighted by Gasteiger charge is 2.20. The molecule has 27 heavy (non-hydrogen) atoms. The number of ketones is 1. The Balaban J connectivity index is 1.83. The minimum atomic E-state index is -0.473. The van der Waals surface area contributed by atoms with Gasteiger partial charge in [-0.05, 0) is 42.3 Å². The van der Waals surface area contributed by atoms with Crippen molar-refractivity contribution in [1.82, 2.24) is 0 Å². The van der Waals surface area contributed by atoms with E-state index in [0.29, 0.717) is 35.2 Å². The largest absolute Gasteiger partial charge is 0.494 e. The van der Waals surface area contributed by atoms with Crippen LogP contribution >= 0.6 is 11.8 Å². The number of hydrogen-bond donors (Lipinski definition) is 0. The molecule has 0 unspecified atom stereocenters. The van der Waals surface area contributed by atoms with Crippen LogP contribution < -0.4 is 14.2 Å². The van der Waals surface area contributed by atoms with Crippen LogP contribution in [0, 0.1) is 5.82 Å². The summed E-state index contributed by atoms with van der Waals surface area (Å²) in [7, 11) is 1.41. The van der Waals surface area contributed by atoms with Crippen molar-refractivity contribution in [2.24, 2.45) is 0 Å². The number of methoxy groups -OCH3 is 1. The van der Waals surface area contributed by atoms with E-state index < -0.39 is 5.82 Å². The maximum Gasteiger partial charge on any atom is 0.189 e. The number of hydrogen-bond acceptors (Lipinski definition) is 5. The van der Waals surface area contributed by atoms with Gasteiger partial charge in [-0.3, -0.25) is 4.79 Å². The van der Waals surface area contributed by atoms with Crippen LogP contribution in [-0.4, -0.2) is 25.4 Å². The zero-order valence-corrected chi connectivity index (χ0v) is 16.1. The fraction of sp³-hybridized carbons (Fsp3) is 0.286. The summed E-state index contributed by atoms with van der Waals surface area (Å²) in [5, 5.41) is 0. The lowest BCUT2D eigenvalue weighted by Gasteiger charge is -2.11. The van der Waals surface area contributed by atoms with E-state index in [0.717, 1.165) is 17.7 Å². The third-order valence-corrected chi connectivity index (χ3v) is 4.96. The Morgan fingerprint density at radius 3 is 2.89 bits per heavy atom. The molecule has 0 aromatic heterocycles. The molecule has 1 aliphatic rings. The van der Waals surface area contributed by atoms with Gasteiger partial charge in [0.1, 0.15) is 17.4 Å². The van der Waals surface area contributed by atoms with Gasteiger partial charge >= 0.3 is 0 Å². The number of halogens is 1. The van der Waals surface area contributed by atoms with Crippen LogP contribution in [0.25, 0.3) is 6.08 Å². The van der Waals surface area contributed by atoms with Crippen LogP contribution in [0.4, 0.5) is 4.39 Å². The van der Waals surface area contributed by atoms with Gasteiger partial charge < -0.3 is 14.2 Å². The molecule has 4 nitrogen and oxygen atoms in total. The molecule has 142 valence electrons. The molecular weight excluding hydrogens is 367 g/mol. The third-order valence-electron chi connectivity index (χ3n) is 4.10. The Bertz CT molecular complexity index is 864. The Labute approximate surface area is 162 Å². The van der Waals surface area contributed by atoms with E-state index in [1.807, 2.05) is 6.07 Å². The van der Waals surface area contributed by atoms with Crippen LogP contribution in [0.2, 0.25) is 0 Å². The summed E-state index contributed by atoms with van der Waals surface area (Å²) in [4.78, 5) is 13.7. The molecular formula is C21H21FO4S. The third kappa shape index (κ3) is 4.63. The lowest BCUT2D eigenvalue weighted by molar-refractivity contribution is 0.104. The highest BCUT2D eigenvalue weighted by molar-refractivity contribution is 7.99. The van der Waals surface area contributed by atoms with E-state index in [1.54, 1.807) is 30.0 Å². The maximum atomic E-state index is 13.8. The minimum Gasteiger partial charge on any atom is -0.494 e. The van der Waals surface area contributed by atoms with E-state index in [4.69, 9.17) is 14.2 Å². The quantitative estimate of drug-likeness (QED) is 0.346. The zero-order chi connectivity index (χ0) is 19.2. The second-order valence-electron chi connectivity index (χ2n) is 6.00. The first-order chi connectivity index (χ1) is 13.1. The summed E-state index contributed by atoms with van der Waals surface area (Å²) in [5.74, 6) is 1.24. The summed E-state index contributed by atoms with van der Waals surface area (Å²) in [6.45, 7) is 2.63. The second kappa shape index (κ2) is 8.95. The van der Waals surface area contributed by atoms with Crippen molar-refractivity contribution >= 4 is 23.6 Å². The van der Waals surface area contributed by atoms with E-state index in [1.165, 1.54) is 25.3 Å². The van der Waals surface area contributed by atoms with Gasteiger partial charge in [-0.15, -0.1) is 0 Å². The molecule has 0 saturated carbocycles. The first-order valence-electron chi connectivity index (χ1n) is 8.74. The van der Waals surface area contributed by atoms with E-state index >= 15 is 0 Å². The van der Waals surface area contributed by atoms with Gasteiger partial charge in [-0.2, -0.15) is 0 Å². The number of unbranched alkanes of at least 4 members (excludes halogenated alkanes) is 1. The number of benzene rings is 2. The Morgan fingerprint density at radius 1 is 1.30 bits per heavy atom. The Hall–Kier alpha value is -2.47. The molecule has 1 heterocycles. The van der Waals surface area contributed by atoms with Crippen molar-refractivity contribution in [1.29, 1.82) is 0 Å². The SMILES string of the molecule is CCCCOc1cc2c(cc1C(=O)C=Cc1ccc(OC)c(F)c1)OCS2. The first-order valence-corrected chi connectivity index (χ1v) is 9.73. The van der Waals surface area contributed by atoms with Crippen molar-refractivity contribution in [3.05, 3.63) is 53.4 Å². The van der Waals surface area contributed by atoms with Crippen molar-refractivity contribution in [2.75, 3.05) is 19.7 Å². The predicted molar refractivity (Wildman–Crippen MR) is 105 cm³/mol. The van der Waals surface area contributed by atoms with Gasteiger partial charge in [0.05, 0.1) is 24.2 Å². The predicted octanol–water partition coefficient (Wildman–Crippen LogP) is 5.35. The highest BCUT2D eigenvalue weighted by atomic mass is 32.2. The first kappa shape index (κ1) is 19.3. The van der Waals surface area contributed by atoms with E-state index in [9.17, 15) is 9.18 Å². The number of rotatable bonds is 8. The smallest absolute Gasteiger partial charge is 0.189 e. The number of fused-ring (bicyclic) bond motifs is 1. The molecule has 0 fully saturated rings. The summed E-state index contributed by atoms with van der Waals surface area (Å²) in [5.41, 5.74) is 1.01. The fourth-order valence-corrected chi connectivity index (χ4v) is 3.37. The standard InChI is InChI=1S/C21H21FO4S/c1-3-4-9-25-19-12-21-20(26-13-27-21)11-15(19)17(23)7-5-14-6-8-18(24-2)16(22)10-14/h5-8,10-12H,3-4,9,13H2,1-2H3. The summed E-state index contributed by atoms with van der Waals surface area (Å²) < 4.78 is 30.1. The van der Waals surface area contributed by atoms with Crippen LogP contribution in [0.15, 0.2) is 41.3 Å². The molecule has 0 bridgehead atoms. The molecule has 3 rings (SSSR count). The minimum absolute atomic E-state index is 0.165. The average molecular weight is 388 g/mol. The van der Waals surface area contributed by atoms with Gasteiger partial charge in [0.15, 0.2) is 17.3 Å². The number of allylic oxidation sites excluding steroid dienone is 1. The van der Waals surface area contributed by atoms with Crippen molar-refractivity contribution < 1.29 is 23.4 Å². The molecule has 0 saturated heterocycles. The molecule has 0 spiro atoms. The van der Waals surface area contributed by atoms with Crippen LogP contribution in [0.3, 0.4) is 0 Å². The number of thioether (sulfide) groups is 1. The molecule has 0 radical (unpaired) electrons. The zero-order valence-electron chi connectivity index (χ0n) is 15.3. The lowest BCUT2D eigenvalue weighted by Crippen LogP contribution is -2.04. The second-order valence-corrected chi connectivity index (χ2v) is 6.96. The topological polar surface area (TPSA) is 44.8 Å². The molecule has 0 N–H and O–H groups in total. The number of carbonyl (C=O) groups is 1. The Morgan fingerprint density at radius 2 is 2.15 bits per heavy atom. The molecule has 2 aromatic carbocycles. The number of ether oxygens (including phenoxy) is 3. The van der Waals surface area contributed by atoms with E-state index in [-0.39, 0.29) is 11.5 Å². The van der Waals surface area contributed by atoms with E-state index in [2.05, 4.69) is 6.92 Å². The maximum absolute atomic E-state index is 13.8. The van der Waals surface area contributed by atoms with Crippen LogP contribution in [0.1, 0.15) is 35.7 Å². The monoisotopic (exact) mass is 388 g/mol. The normalized spacial score (nSPS) is 12.7. The molecule has 2 aromatic rings. The molecule has 0 amide bonds. The molecule has 6 heteroatoms. The molecule has 1 aliphatic heterocycles. The summed E-state index contributed by atoms with van der Waals surface area (Å²) >= 11 is 1.57. The van der Waals surface area contributed by atoms with Gasteiger partial charge in [-0.25, -0.2) is 4.39 Å². The summed E-state index contributed by atoms with van der Waals surface area (Å²) in [6, 6.07) is 8.12. The molecule has 0 atom stereocenters. The van der Waals surface area contributed by atoms with Crippen molar-refractivity contribution in [3.8, 4) is 17.2 Å². The van der Waals surface area contributed by atoms with Crippen molar-refractivity contribution in [3.63, 3.8) is 0 Å². The average Bonchev–Trinajstić information content (AvgIpc) is 3.13. The Kier molecular flexibility index (Phi) is 6.40. The number of carbonyl (C=O) groups excluding carboxylic acids is 1. The summed E-state index contributed by atoms with van der Waals surface area (Å²) in [6.07, 6.45) is 4.91. The fourth-order valence-electron chi connectivity index (χ4n) is 2.61. The highest BCUT2D eigenvalue weighted by Crippen LogP contribution is 2.41. The molecule has 0 aliphatic carbocycles. The van der Waals surface area contributed by atoms with Gasteiger partial charge in [0.25, 0.3) is 0 Å². The van der Waals surface area contributed by atoms with Gasteiger partial charge in [-0.1, -0.05) is 37.2 Å². The van der Waals surface area contributed by atoms with Crippen molar-refractivity contribution in [2.45, 2.75) is 24.7 Å².